The van der Waals surface area contributed by atoms with Gasteiger partial charge in [-0.3, -0.25) is 4.79 Å². The van der Waals surface area contributed by atoms with E-state index in [-0.39, 0.29) is 24.8 Å². The predicted octanol–water partition coefficient (Wildman–Crippen LogP) is 4.14. The predicted molar refractivity (Wildman–Crippen MR) is 102 cm³/mol. The Morgan fingerprint density at radius 1 is 0.808 bits per heavy atom. The van der Waals surface area contributed by atoms with Gasteiger partial charge in [-0.05, 0) is 29.7 Å². The maximum absolute atomic E-state index is 13.6. The fourth-order valence-corrected chi connectivity index (χ4v) is 2.74. The summed E-state index contributed by atoms with van der Waals surface area (Å²) >= 11 is 0. The third-order valence-electron chi connectivity index (χ3n) is 4.13. The molecule has 2 N–H and O–H groups in total. The van der Waals surface area contributed by atoms with Crippen LogP contribution in [0.4, 0.5) is 10.1 Å². The molecule has 0 heterocycles. The van der Waals surface area contributed by atoms with E-state index in [0.29, 0.717) is 5.56 Å². The lowest BCUT2D eigenvalue weighted by atomic mass is 10.0. The second-order valence-corrected chi connectivity index (χ2v) is 6.04. The topological polar surface area (TPSA) is 41.1 Å². The van der Waals surface area contributed by atoms with Crippen LogP contribution in [0.15, 0.2) is 78.9 Å². The third kappa shape index (κ3) is 4.93. The third-order valence-corrected chi connectivity index (χ3v) is 4.13. The molecule has 0 spiro atoms. The van der Waals surface area contributed by atoms with Crippen LogP contribution in [0, 0.1) is 5.82 Å². The lowest BCUT2D eigenvalue weighted by Crippen LogP contribution is -2.29. The minimum Gasteiger partial charge on any atom is -0.376 e. The zero-order valence-corrected chi connectivity index (χ0v) is 14.4. The maximum Gasteiger partial charge on any atom is 0.239 e. The van der Waals surface area contributed by atoms with Crippen LogP contribution in [0.1, 0.15) is 16.7 Å². The lowest BCUT2D eigenvalue weighted by molar-refractivity contribution is -0.119. The number of carbonyl (C=O) groups is 1. The summed E-state index contributed by atoms with van der Waals surface area (Å²) < 4.78 is 13.6. The molecule has 3 aromatic carbocycles. The highest BCUT2D eigenvalue weighted by Gasteiger charge is 2.07. The van der Waals surface area contributed by atoms with E-state index < -0.39 is 0 Å². The molecule has 0 unspecified atom stereocenters. The van der Waals surface area contributed by atoms with Gasteiger partial charge in [0.2, 0.25) is 5.91 Å². The van der Waals surface area contributed by atoms with Crippen molar-refractivity contribution in [2.24, 2.45) is 0 Å². The smallest absolute Gasteiger partial charge is 0.239 e. The minimum absolute atomic E-state index is 0.139. The van der Waals surface area contributed by atoms with Crippen molar-refractivity contribution >= 4 is 11.6 Å². The first-order valence-corrected chi connectivity index (χ1v) is 8.58. The number of hydrogen-bond donors (Lipinski definition) is 2. The summed E-state index contributed by atoms with van der Waals surface area (Å²) in [5.74, 6) is -0.489. The van der Waals surface area contributed by atoms with Gasteiger partial charge in [0, 0.05) is 17.8 Å². The Hall–Kier alpha value is -3.14. The Morgan fingerprint density at radius 3 is 2.23 bits per heavy atom. The number of halogens is 1. The van der Waals surface area contributed by atoms with Crippen molar-refractivity contribution in [3.8, 4) is 0 Å². The molecule has 3 aromatic rings. The van der Waals surface area contributed by atoms with Crippen LogP contribution < -0.4 is 10.6 Å². The average molecular weight is 348 g/mol. The molecule has 3 rings (SSSR count). The number of benzene rings is 3. The number of nitrogens with one attached hydrogen (secondary N) is 2. The van der Waals surface area contributed by atoms with E-state index >= 15 is 0 Å². The minimum atomic E-state index is -0.311. The molecular weight excluding hydrogens is 327 g/mol. The molecule has 1 amide bonds. The number of hydrogen-bond acceptors (Lipinski definition) is 2. The summed E-state index contributed by atoms with van der Waals surface area (Å²) in [6.07, 6.45) is 0.793. The molecule has 0 radical (unpaired) electrons. The van der Waals surface area contributed by atoms with Crippen molar-refractivity contribution in [2.75, 3.05) is 11.9 Å². The Kier molecular flexibility index (Phi) is 5.99. The second-order valence-electron chi connectivity index (χ2n) is 6.04. The van der Waals surface area contributed by atoms with E-state index in [1.807, 2.05) is 42.5 Å². The molecule has 26 heavy (non-hydrogen) atoms. The van der Waals surface area contributed by atoms with Crippen LogP contribution in [0.2, 0.25) is 0 Å². The second kappa shape index (κ2) is 8.81. The Morgan fingerprint density at radius 2 is 1.46 bits per heavy atom. The van der Waals surface area contributed by atoms with Gasteiger partial charge < -0.3 is 10.6 Å². The highest BCUT2D eigenvalue weighted by Crippen LogP contribution is 2.18. The van der Waals surface area contributed by atoms with Crippen LogP contribution >= 0.6 is 0 Å². The quantitative estimate of drug-likeness (QED) is 0.674. The summed E-state index contributed by atoms with van der Waals surface area (Å²) in [5.41, 5.74) is 3.74. The Labute approximate surface area is 152 Å². The van der Waals surface area contributed by atoms with Gasteiger partial charge in [-0.15, -0.1) is 0 Å². The molecule has 0 fully saturated rings. The molecule has 0 saturated heterocycles. The fraction of sp³-hybridized carbons (Fsp3) is 0.136. The lowest BCUT2D eigenvalue weighted by Gasteiger charge is -2.12. The largest absolute Gasteiger partial charge is 0.376 e. The summed E-state index contributed by atoms with van der Waals surface area (Å²) in [5, 5.41) is 5.92. The monoisotopic (exact) mass is 348 g/mol. The molecule has 0 saturated carbocycles. The van der Waals surface area contributed by atoms with Crippen molar-refractivity contribution in [1.82, 2.24) is 5.32 Å². The van der Waals surface area contributed by atoms with Crippen LogP contribution in [0.3, 0.4) is 0 Å². The van der Waals surface area contributed by atoms with Crippen molar-refractivity contribution < 1.29 is 9.18 Å². The first-order chi connectivity index (χ1) is 12.7. The molecule has 0 atom stereocenters. The molecule has 0 bridgehead atoms. The van der Waals surface area contributed by atoms with Gasteiger partial charge in [-0.2, -0.15) is 0 Å². The van der Waals surface area contributed by atoms with Gasteiger partial charge >= 0.3 is 0 Å². The first kappa shape index (κ1) is 17.7. The van der Waals surface area contributed by atoms with E-state index in [4.69, 9.17) is 0 Å². The summed E-state index contributed by atoms with van der Waals surface area (Å²) in [6, 6.07) is 24.6. The molecule has 0 aromatic heterocycles. The number of rotatable bonds is 7. The van der Waals surface area contributed by atoms with Gasteiger partial charge in [0.25, 0.3) is 0 Å². The molecule has 3 nitrogen and oxygen atoms in total. The van der Waals surface area contributed by atoms with Crippen LogP contribution in [0.5, 0.6) is 0 Å². The zero-order valence-electron chi connectivity index (χ0n) is 14.4. The highest BCUT2D eigenvalue weighted by atomic mass is 19.1. The summed E-state index contributed by atoms with van der Waals surface area (Å²) in [4.78, 5) is 12.1. The van der Waals surface area contributed by atoms with E-state index in [0.717, 1.165) is 17.7 Å². The van der Waals surface area contributed by atoms with Gasteiger partial charge in [-0.1, -0.05) is 66.7 Å². The number of para-hydroxylation sites is 1. The summed E-state index contributed by atoms with van der Waals surface area (Å²) in [6.45, 7) is 0.319. The molecule has 132 valence electrons. The van der Waals surface area contributed by atoms with E-state index in [1.165, 1.54) is 11.6 Å². The van der Waals surface area contributed by atoms with E-state index in [9.17, 15) is 9.18 Å². The zero-order chi connectivity index (χ0) is 18.2. The van der Waals surface area contributed by atoms with Gasteiger partial charge in [0.05, 0.1) is 6.54 Å². The van der Waals surface area contributed by atoms with Crippen molar-refractivity contribution in [2.45, 2.75) is 13.0 Å². The molecule has 0 aliphatic heterocycles. The molecule has 4 heteroatoms. The van der Waals surface area contributed by atoms with Crippen LogP contribution in [-0.2, 0) is 17.8 Å². The van der Waals surface area contributed by atoms with Crippen molar-refractivity contribution in [3.05, 3.63) is 101 Å². The normalized spacial score (nSPS) is 10.3. The fourth-order valence-electron chi connectivity index (χ4n) is 2.74. The number of carbonyl (C=O) groups excluding carboxylic acids is 1. The SMILES string of the molecule is O=C(CNc1ccccc1Cc1ccccc1)NCc1ccccc1F. The van der Waals surface area contributed by atoms with Crippen LogP contribution in [0.25, 0.3) is 0 Å². The van der Waals surface area contributed by atoms with Crippen molar-refractivity contribution in [3.63, 3.8) is 0 Å². The van der Waals surface area contributed by atoms with E-state index in [1.54, 1.807) is 18.2 Å². The molecular formula is C22H21FN2O. The highest BCUT2D eigenvalue weighted by molar-refractivity contribution is 5.81. The standard InChI is InChI=1S/C22H21FN2O/c23-20-12-6-4-11-19(20)15-25-22(26)16-24-21-13-7-5-10-18(21)14-17-8-2-1-3-9-17/h1-13,24H,14-16H2,(H,25,26). The van der Waals surface area contributed by atoms with Gasteiger partial charge in [0.15, 0.2) is 0 Å². The first-order valence-electron chi connectivity index (χ1n) is 8.58. The summed E-state index contributed by atoms with van der Waals surface area (Å²) in [7, 11) is 0. The maximum atomic E-state index is 13.6. The number of amides is 1. The Balaban J connectivity index is 1.56. The van der Waals surface area contributed by atoms with Crippen LogP contribution in [-0.4, -0.2) is 12.5 Å². The van der Waals surface area contributed by atoms with Gasteiger partial charge in [-0.25, -0.2) is 4.39 Å². The molecule has 0 aliphatic rings. The van der Waals surface area contributed by atoms with Gasteiger partial charge in [0.1, 0.15) is 5.82 Å². The van der Waals surface area contributed by atoms with Crippen molar-refractivity contribution in [1.29, 1.82) is 0 Å². The molecule has 0 aliphatic carbocycles. The number of anilines is 1. The average Bonchev–Trinajstić information content (AvgIpc) is 2.67. The Bertz CT molecular complexity index is 865. The van der Waals surface area contributed by atoms with E-state index in [2.05, 4.69) is 22.8 Å².